The van der Waals surface area contributed by atoms with Crippen molar-refractivity contribution in [1.29, 1.82) is 0 Å². The molecule has 1 aliphatic carbocycles. The molecule has 1 aliphatic heterocycles. The maximum atomic E-state index is 11.9. The van der Waals surface area contributed by atoms with Gasteiger partial charge in [0.2, 0.25) is 0 Å². The van der Waals surface area contributed by atoms with E-state index in [4.69, 9.17) is 11.6 Å². The van der Waals surface area contributed by atoms with Gasteiger partial charge in [0.05, 0.1) is 11.9 Å². The number of rotatable bonds is 3. The van der Waals surface area contributed by atoms with E-state index in [9.17, 15) is 5.11 Å². The normalized spacial score (nSPS) is 29.4. The third-order valence-electron chi connectivity index (χ3n) is 7.18. The van der Waals surface area contributed by atoms with Crippen molar-refractivity contribution in [2.24, 2.45) is 10.8 Å². The van der Waals surface area contributed by atoms with Crippen molar-refractivity contribution in [1.82, 2.24) is 9.88 Å². The first-order valence-electron chi connectivity index (χ1n) is 10.1. The van der Waals surface area contributed by atoms with Crippen molar-refractivity contribution < 1.29 is 5.11 Å². The van der Waals surface area contributed by atoms with Crippen molar-refractivity contribution in [3.05, 3.63) is 59.4 Å². The summed E-state index contributed by atoms with van der Waals surface area (Å²) < 4.78 is 0. The van der Waals surface area contributed by atoms with Gasteiger partial charge in [0.1, 0.15) is 5.60 Å². The average Bonchev–Trinajstić information content (AvgIpc) is 2.68. The number of nitrogens with zero attached hydrogens (tertiary/aromatic N) is 3. The Morgan fingerprint density at radius 2 is 1.57 bits per heavy atom. The van der Waals surface area contributed by atoms with Crippen LogP contribution in [-0.2, 0) is 5.60 Å². The monoisotopic (exact) mass is 399 g/mol. The first-order chi connectivity index (χ1) is 13.2. The lowest BCUT2D eigenvalue weighted by molar-refractivity contribution is -0.307. The summed E-state index contributed by atoms with van der Waals surface area (Å²) in [6.07, 6.45) is 3.75. The van der Waals surface area contributed by atoms with Gasteiger partial charge in [-0.05, 0) is 29.8 Å². The van der Waals surface area contributed by atoms with Crippen LogP contribution in [0.3, 0.4) is 0 Å². The highest BCUT2D eigenvalue weighted by molar-refractivity contribution is 6.30. The summed E-state index contributed by atoms with van der Waals surface area (Å²) in [5.41, 5.74) is 0.723. The second kappa shape index (κ2) is 6.72. The van der Waals surface area contributed by atoms with Crippen LogP contribution in [0.5, 0.6) is 0 Å². The van der Waals surface area contributed by atoms with Gasteiger partial charge in [-0.15, -0.1) is 0 Å². The van der Waals surface area contributed by atoms with E-state index < -0.39 is 5.60 Å². The van der Waals surface area contributed by atoms with Crippen LogP contribution in [0.2, 0.25) is 5.02 Å². The topological polar surface area (TPSA) is 39.6 Å². The molecule has 0 atom stereocenters. The quantitative estimate of drug-likeness (QED) is 0.840. The molecule has 1 aromatic carbocycles. The number of hydrogen-bond acceptors (Lipinski definition) is 4. The van der Waals surface area contributed by atoms with E-state index in [1.165, 1.54) is 5.69 Å². The van der Waals surface area contributed by atoms with Crippen molar-refractivity contribution >= 4 is 17.3 Å². The summed E-state index contributed by atoms with van der Waals surface area (Å²) in [5.74, 6) is 0. The average molecular weight is 400 g/mol. The predicted octanol–water partition coefficient (Wildman–Crippen LogP) is 4.18. The van der Waals surface area contributed by atoms with Crippen molar-refractivity contribution in [3.63, 3.8) is 0 Å². The molecule has 0 bridgehead atoms. The van der Waals surface area contributed by atoms with Crippen LogP contribution in [0, 0.1) is 10.8 Å². The molecule has 2 aliphatic rings. The first-order valence-corrected chi connectivity index (χ1v) is 10.4. The maximum Gasteiger partial charge on any atom is 0.103 e. The van der Waals surface area contributed by atoms with Gasteiger partial charge in [-0.3, -0.25) is 9.88 Å². The highest BCUT2D eigenvalue weighted by atomic mass is 35.5. The zero-order valence-corrected chi connectivity index (χ0v) is 17.9. The van der Waals surface area contributed by atoms with Crippen molar-refractivity contribution in [2.75, 3.05) is 31.1 Å². The summed E-state index contributed by atoms with van der Waals surface area (Å²) in [5, 5.41) is 12.6. The van der Waals surface area contributed by atoms with Gasteiger partial charge in [-0.2, -0.15) is 0 Å². The molecule has 2 heterocycles. The second-order valence-corrected chi connectivity index (χ2v) is 9.73. The molecule has 2 fully saturated rings. The van der Waals surface area contributed by atoms with E-state index in [0.29, 0.717) is 11.1 Å². The Labute approximate surface area is 173 Å². The number of benzene rings is 1. The summed E-state index contributed by atoms with van der Waals surface area (Å²) in [6.45, 7) is 12.7. The lowest BCUT2D eigenvalue weighted by atomic mass is 9.39. The summed E-state index contributed by atoms with van der Waals surface area (Å²) in [4.78, 5) is 9.21. The number of halogens is 1. The van der Waals surface area contributed by atoms with Crippen LogP contribution in [0.15, 0.2) is 48.8 Å². The minimum absolute atomic E-state index is 0.263. The van der Waals surface area contributed by atoms with Crippen molar-refractivity contribution in [3.8, 4) is 0 Å². The molecule has 4 nitrogen and oxygen atoms in total. The number of hydrogen-bond donors (Lipinski definition) is 1. The number of pyridine rings is 1. The third kappa shape index (κ3) is 2.69. The summed E-state index contributed by atoms with van der Waals surface area (Å²) in [6, 6.07) is 12.1. The van der Waals surface area contributed by atoms with Gasteiger partial charge in [0, 0.05) is 54.3 Å². The van der Waals surface area contributed by atoms with E-state index in [2.05, 4.69) is 48.5 Å². The molecule has 0 amide bonds. The number of aromatic nitrogens is 1. The molecule has 2 aromatic rings. The lowest BCUT2D eigenvalue weighted by Crippen LogP contribution is -2.79. The Balaban J connectivity index is 1.54. The van der Waals surface area contributed by atoms with Gasteiger partial charge in [-0.25, -0.2) is 0 Å². The molecule has 150 valence electrons. The zero-order chi connectivity index (χ0) is 20.2. The number of piperazine rings is 1. The van der Waals surface area contributed by atoms with Crippen LogP contribution in [-0.4, -0.2) is 47.2 Å². The molecular weight excluding hydrogens is 370 g/mol. The predicted molar refractivity (Wildman–Crippen MR) is 115 cm³/mol. The molecule has 1 aromatic heterocycles. The molecule has 5 heteroatoms. The number of anilines is 1. The van der Waals surface area contributed by atoms with E-state index in [0.717, 1.165) is 31.7 Å². The van der Waals surface area contributed by atoms with Crippen LogP contribution in [0.1, 0.15) is 33.3 Å². The Morgan fingerprint density at radius 3 is 2.11 bits per heavy atom. The molecule has 0 radical (unpaired) electrons. The Bertz CT molecular complexity index is 811. The highest BCUT2D eigenvalue weighted by Crippen LogP contribution is 2.68. The molecule has 4 rings (SSSR count). The van der Waals surface area contributed by atoms with E-state index in [1.54, 1.807) is 0 Å². The fourth-order valence-electron chi connectivity index (χ4n) is 6.18. The Morgan fingerprint density at radius 1 is 0.964 bits per heavy atom. The standard InChI is InChI=1S/C23H30ClN3O/c1-21(2)20(22(3,4)23(21,28)17-7-9-18(24)10-8-17)27-14-12-26(13-15-27)19-6-5-11-25-16-19/h5-11,16,20,28H,12-15H2,1-4H3. The molecular formula is C23H30ClN3O. The molecule has 0 spiro atoms. The Kier molecular flexibility index (Phi) is 4.72. The lowest BCUT2D eigenvalue weighted by Gasteiger charge is -2.72. The smallest absolute Gasteiger partial charge is 0.103 e. The van der Waals surface area contributed by atoms with Gasteiger partial charge >= 0.3 is 0 Å². The molecule has 1 N–H and O–H groups in total. The SMILES string of the molecule is CC1(C)C(N2CCN(c3cccnc3)CC2)C(C)(C)C1(O)c1ccc(Cl)cc1. The van der Waals surface area contributed by atoms with Crippen LogP contribution in [0.25, 0.3) is 0 Å². The van der Waals surface area contributed by atoms with Crippen LogP contribution < -0.4 is 4.90 Å². The first kappa shape index (κ1) is 19.7. The summed E-state index contributed by atoms with van der Waals surface area (Å²) in [7, 11) is 0. The van der Waals surface area contributed by atoms with Crippen molar-refractivity contribution in [2.45, 2.75) is 39.3 Å². The van der Waals surface area contributed by atoms with Crippen LogP contribution in [0.4, 0.5) is 5.69 Å². The molecule has 0 unspecified atom stereocenters. The number of aliphatic hydroxyl groups is 1. The van der Waals surface area contributed by atoms with Crippen LogP contribution >= 0.6 is 11.6 Å². The zero-order valence-electron chi connectivity index (χ0n) is 17.2. The molecule has 1 saturated carbocycles. The van der Waals surface area contributed by atoms with Gasteiger partial charge in [0.25, 0.3) is 0 Å². The molecule has 28 heavy (non-hydrogen) atoms. The van der Waals surface area contributed by atoms with Gasteiger partial charge < -0.3 is 10.0 Å². The third-order valence-corrected chi connectivity index (χ3v) is 7.44. The fourth-order valence-corrected chi connectivity index (χ4v) is 6.30. The second-order valence-electron chi connectivity index (χ2n) is 9.30. The van der Waals surface area contributed by atoms with E-state index >= 15 is 0 Å². The Hall–Kier alpha value is -1.62. The fraction of sp³-hybridized carbons (Fsp3) is 0.522. The van der Waals surface area contributed by atoms with Gasteiger partial charge in [0.15, 0.2) is 0 Å². The largest absolute Gasteiger partial charge is 0.384 e. The summed E-state index contributed by atoms with van der Waals surface area (Å²) >= 11 is 6.08. The van der Waals surface area contributed by atoms with E-state index in [1.807, 2.05) is 42.7 Å². The minimum atomic E-state index is -0.893. The maximum absolute atomic E-state index is 11.9. The highest BCUT2D eigenvalue weighted by Gasteiger charge is 2.73. The molecule has 1 saturated heterocycles. The van der Waals surface area contributed by atoms with Gasteiger partial charge in [-0.1, -0.05) is 51.4 Å². The minimum Gasteiger partial charge on any atom is -0.384 e. The van der Waals surface area contributed by atoms with E-state index in [-0.39, 0.29) is 10.8 Å².